The summed E-state index contributed by atoms with van der Waals surface area (Å²) in [4.78, 5) is 22.4. The van der Waals surface area contributed by atoms with Crippen LogP contribution in [0.3, 0.4) is 0 Å². The van der Waals surface area contributed by atoms with E-state index in [0.717, 1.165) is 12.0 Å². The average molecular weight is 232 g/mol. The van der Waals surface area contributed by atoms with E-state index in [4.69, 9.17) is 0 Å². The van der Waals surface area contributed by atoms with Crippen molar-refractivity contribution in [3.05, 3.63) is 35.4 Å². The zero-order valence-corrected chi connectivity index (χ0v) is 9.94. The maximum Gasteiger partial charge on any atom is 0.316 e. The SMILES string of the molecule is CCc1ccc(CC2CCC(=O)OC2=O)cc1. The van der Waals surface area contributed by atoms with Gasteiger partial charge in [-0.15, -0.1) is 0 Å². The Morgan fingerprint density at radius 1 is 1.18 bits per heavy atom. The van der Waals surface area contributed by atoms with Crippen molar-refractivity contribution in [3.8, 4) is 0 Å². The summed E-state index contributed by atoms with van der Waals surface area (Å²) in [5, 5.41) is 0. The van der Waals surface area contributed by atoms with E-state index in [9.17, 15) is 9.59 Å². The smallest absolute Gasteiger partial charge is 0.316 e. The molecule has 2 rings (SSSR count). The van der Waals surface area contributed by atoms with Crippen molar-refractivity contribution in [2.75, 3.05) is 0 Å². The molecule has 3 nitrogen and oxygen atoms in total. The highest BCUT2D eigenvalue weighted by molar-refractivity contribution is 5.89. The molecule has 90 valence electrons. The minimum atomic E-state index is -0.396. The Kier molecular flexibility index (Phi) is 3.57. The van der Waals surface area contributed by atoms with Crippen LogP contribution in [0.15, 0.2) is 24.3 Å². The van der Waals surface area contributed by atoms with E-state index in [1.54, 1.807) is 0 Å². The van der Waals surface area contributed by atoms with Crippen molar-refractivity contribution in [1.82, 2.24) is 0 Å². The fourth-order valence-electron chi connectivity index (χ4n) is 2.04. The van der Waals surface area contributed by atoms with E-state index in [1.165, 1.54) is 5.56 Å². The highest BCUT2D eigenvalue weighted by Crippen LogP contribution is 2.21. The third-order valence-corrected chi connectivity index (χ3v) is 3.16. The molecule has 1 aromatic carbocycles. The molecule has 0 aromatic heterocycles. The lowest BCUT2D eigenvalue weighted by molar-refractivity contribution is -0.167. The number of benzene rings is 1. The summed E-state index contributed by atoms with van der Waals surface area (Å²) < 4.78 is 4.64. The van der Waals surface area contributed by atoms with Crippen LogP contribution in [0.4, 0.5) is 0 Å². The van der Waals surface area contributed by atoms with Crippen molar-refractivity contribution >= 4 is 11.9 Å². The van der Waals surface area contributed by atoms with Gasteiger partial charge in [-0.2, -0.15) is 0 Å². The Bertz CT molecular complexity index is 420. The van der Waals surface area contributed by atoms with Crippen LogP contribution < -0.4 is 0 Å². The molecule has 1 atom stereocenters. The topological polar surface area (TPSA) is 43.4 Å². The normalized spacial score (nSPS) is 20.2. The first-order chi connectivity index (χ1) is 8.19. The van der Waals surface area contributed by atoms with Crippen LogP contribution in [0.5, 0.6) is 0 Å². The molecule has 0 bridgehead atoms. The van der Waals surface area contributed by atoms with Gasteiger partial charge >= 0.3 is 11.9 Å². The molecule has 0 aliphatic carbocycles. The molecular formula is C14H16O3. The van der Waals surface area contributed by atoms with E-state index < -0.39 is 5.97 Å². The molecule has 3 heteroatoms. The van der Waals surface area contributed by atoms with Gasteiger partial charge in [-0.25, -0.2) is 0 Å². The van der Waals surface area contributed by atoms with Gasteiger partial charge in [-0.3, -0.25) is 9.59 Å². The summed E-state index contributed by atoms with van der Waals surface area (Å²) in [7, 11) is 0. The van der Waals surface area contributed by atoms with Crippen LogP contribution >= 0.6 is 0 Å². The molecule has 1 aliphatic heterocycles. The minimum absolute atomic E-state index is 0.167. The lowest BCUT2D eigenvalue weighted by Gasteiger charge is -2.19. The lowest BCUT2D eigenvalue weighted by Crippen LogP contribution is -2.29. The van der Waals surface area contributed by atoms with E-state index in [-0.39, 0.29) is 11.9 Å². The van der Waals surface area contributed by atoms with Gasteiger partial charge in [0.15, 0.2) is 0 Å². The predicted octanol–water partition coefficient (Wildman–Crippen LogP) is 2.27. The number of carbonyl (C=O) groups is 2. The minimum Gasteiger partial charge on any atom is -0.393 e. The van der Waals surface area contributed by atoms with E-state index in [2.05, 4.69) is 23.8 Å². The molecular weight excluding hydrogens is 216 g/mol. The first-order valence-electron chi connectivity index (χ1n) is 6.01. The Morgan fingerprint density at radius 3 is 2.41 bits per heavy atom. The summed E-state index contributed by atoms with van der Waals surface area (Å²) in [5.74, 6) is -0.937. The summed E-state index contributed by atoms with van der Waals surface area (Å²) in [6, 6.07) is 8.24. The Morgan fingerprint density at radius 2 is 1.82 bits per heavy atom. The van der Waals surface area contributed by atoms with Gasteiger partial charge in [0, 0.05) is 6.42 Å². The number of ether oxygens (including phenoxy) is 1. The van der Waals surface area contributed by atoms with Crippen LogP contribution in [0.2, 0.25) is 0 Å². The zero-order valence-electron chi connectivity index (χ0n) is 9.94. The second-order valence-electron chi connectivity index (χ2n) is 4.40. The highest BCUT2D eigenvalue weighted by atomic mass is 16.6. The summed E-state index contributed by atoms with van der Waals surface area (Å²) in [6.07, 6.45) is 2.63. The Labute approximate surface area is 101 Å². The maximum atomic E-state index is 11.5. The number of hydrogen-bond donors (Lipinski definition) is 0. The van der Waals surface area contributed by atoms with Crippen LogP contribution in [0.25, 0.3) is 0 Å². The van der Waals surface area contributed by atoms with Crippen molar-refractivity contribution in [3.63, 3.8) is 0 Å². The van der Waals surface area contributed by atoms with Crippen molar-refractivity contribution < 1.29 is 14.3 Å². The predicted molar refractivity (Wildman–Crippen MR) is 63.3 cm³/mol. The van der Waals surface area contributed by atoms with E-state index in [0.29, 0.717) is 19.3 Å². The number of carbonyl (C=O) groups excluding carboxylic acids is 2. The first-order valence-corrected chi connectivity index (χ1v) is 6.01. The van der Waals surface area contributed by atoms with Gasteiger partial charge in [0.25, 0.3) is 0 Å². The molecule has 1 aromatic rings. The summed E-state index contributed by atoms with van der Waals surface area (Å²) in [5.41, 5.74) is 2.41. The fourth-order valence-corrected chi connectivity index (χ4v) is 2.04. The van der Waals surface area contributed by atoms with Crippen LogP contribution in [0.1, 0.15) is 30.9 Å². The van der Waals surface area contributed by atoms with Crippen molar-refractivity contribution in [2.45, 2.75) is 32.6 Å². The van der Waals surface area contributed by atoms with E-state index >= 15 is 0 Å². The van der Waals surface area contributed by atoms with Crippen molar-refractivity contribution in [2.24, 2.45) is 5.92 Å². The van der Waals surface area contributed by atoms with Crippen LogP contribution in [-0.4, -0.2) is 11.9 Å². The number of rotatable bonds is 3. The van der Waals surface area contributed by atoms with E-state index in [1.807, 2.05) is 12.1 Å². The molecule has 0 saturated carbocycles. The molecule has 0 N–H and O–H groups in total. The summed E-state index contributed by atoms with van der Waals surface area (Å²) in [6.45, 7) is 2.11. The standard InChI is InChI=1S/C14H16O3/c1-2-10-3-5-11(6-4-10)9-12-7-8-13(15)17-14(12)16/h3-6,12H,2,7-9H2,1H3. The average Bonchev–Trinajstić information content (AvgIpc) is 2.34. The second-order valence-corrected chi connectivity index (χ2v) is 4.40. The maximum absolute atomic E-state index is 11.5. The van der Waals surface area contributed by atoms with Crippen LogP contribution in [-0.2, 0) is 27.2 Å². The molecule has 17 heavy (non-hydrogen) atoms. The van der Waals surface area contributed by atoms with Gasteiger partial charge in [-0.05, 0) is 30.4 Å². The summed E-state index contributed by atoms with van der Waals surface area (Å²) >= 11 is 0. The molecule has 1 saturated heterocycles. The number of aryl methyl sites for hydroxylation is 1. The highest BCUT2D eigenvalue weighted by Gasteiger charge is 2.28. The molecule has 1 fully saturated rings. The lowest BCUT2D eigenvalue weighted by atomic mass is 9.93. The van der Waals surface area contributed by atoms with Gasteiger partial charge in [0.1, 0.15) is 0 Å². The van der Waals surface area contributed by atoms with Gasteiger partial charge < -0.3 is 4.74 Å². The van der Waals surface area contributed by atoms with Gasteiger partial charge in [0.2, 0.25) is 0 Å². The van der Waals surface area contributed by atoms with Gasteiger partial charge in [-0.1, -0.05) is 31.2 Å². The molecule has 0 amide bonds. The quantitative estimate of drug-likeness (QED) is 0.593. The monoisotopic (exact) mass is 232 g/mol. The Balaban J connectivity index is 2.00. The molecule has 1 heterocycles. The fraction of sp³-hybridized carbons (Fsp3) is 0.429. The van der Waals surface area contributed by atoms with Crippen LogP contribution in [0, 0.1) is 5.92 Å². The molecule has 0 radical (unpaired) electrons. The Hall–Kier alpha value is -1.64. The molecule has 0 spiro atoms. The third kappa shape index (κ3) is 2.93. The number of esters is 2. The third-order valence-electron chi connectivity index (χ3n) is 3.16. The number of cyclic esters (lactones) is 2. The number of hydrogen-bond acceptors (Lipinski definition) is 3. The zero-order chi connectivity index (χ0) is 12.3. The second kappa shape index (κ2) is 5.13. The largest absolute Gasteiger partial charge is 0.393 e. The van der Waals surface area contributed by atoms with Crippen molar-refractivity contribution in [1.29, 1.82) is 0 Å². The first kappa shape index (κ1) is 11.8. The molecule has 1 unspecified atom stereocenters. The van der Waals surface area contributed by atoms with Gasteiger partial charge in [0.05, 0.1) is 5.92 Å². The molecule has 1 aliphatic rings.